The largest absolute Gasteiger partial charge is 0.484 e. The Kier molecular flexibility index (Phi) is 9.73. The maximum absolute atomic E-state index is 13.7. The first kappa shape index (κ1) is 27.3. The third-order valence-electron chi connectivity index (χ3n) is 6.49. The number of rotatable bonds is 10. The molecule has 0 spiro atoms. The Morgan fingerprint density at radius 2 is 1.65 bits per heavy atom. The van der Waals surface area contributed by atoms with Crippen molar-refractivity contribution >= 4 is 46.6 Å². The third kappa shape index (κ3) is 7.88. The van der Waals surface area contributed by atoms with Gasteiger partial charge in [0.05, 0.1) is 0 Å². The number of carbonyl (C=O) groups is 2. The molecule has 2 amide bonds. The molecule has 1 unspecified atom stereocenters. The molecule has 0 bridgehead atoms. The molecule has 1 atom stereocenters. The zero-order chi connectivity index (χ0) is 26.2. The highest BCUT2D eigenvalue weighted by Gasteiger charge is 2.32. The van der Waals surface area contributed by atoms with Gasteiger partial charge >= 0.3 is 0 Å². The summed E-state index contributed by atoms with van der Waals surface area (Å²) in [6, 6.07) is 21.0. The fourth-order valence-electron chi connectivity index (χ4n) is 4.54. The molecule has 1 aliphatic carbocycles. The molecule has 1 fully saturated rings. The predicted molar refractivity (Wildman–Crippen MR) is 148 cm³/mol. The van der Waals surface area contributed by atoms with Gasteiger partial charge in [-0.15, -0.1) is 0 Å². The summed E-state index contributed by atoms with van der Waals surface area (Å²) < 4.78 is 5.77. The van der Waals surface area contributed by atoms with Crippen molar-refractivity contribution in [3.8, 4) is 5.75 Å². The molecule has 194 valence electrons. The van der Waals surface area contributed by atoms with Crippen LogP contribution >= 0.6 is 34.8 Å². The van der Waals surface area contributed by atoms with Crippen LogP contribution in [0.15, 0.2) is 72.8 Å². The number of carbonyl (C=O) groups excluding carboxylic acids is 2. The third-order valence-corrected chi connectivity index (χ3v) is 7.31. The Morgan fingerprint density at radius 1 is 0.919 bits per heavy atom. The molecule has 1 aliphatic rings. The lowest BCUT2D eigenvalue weighted by molar-refractivity contribution is -0.143. The molecule has 8 heteroatoms. The first-order chi connectivity index (χ1) is 17.9. The number of halogens is 3. The van der Waals surface area contributed by atoms with Crippen molar-refractivity contribution in [1.29, 1.82) is 0 Å². The zero-order valence-electron chi connectivity index (χ0n) is 20.3. The molecule has 0 heterocycles. The smallest absolute Gasteiger partial charge is 0.261 e. The van der Waals surface area contributed by atoms with Gasteiger partial charge in [-0.05, 0) is 54.3 Å². The Balaban J connectivity index is 1.63. The molecule has 0 saturated heterocycles. The minimum atomic E-state index is -0.759. The van der Waals surface area contributed by atoms with Crippen molar-refractivity contribution in [3.05, 3.63) is 99.0 Å². The maximum Gasteiger partial charge on any atom is 0.261 e. The van der Waals surface area contributed by atoms with Crippen LogP contribution in [0.4, 0.5) is 0 Å². The van der Waals surface area contributed by atoms with Crippen LogP contribution in [0.2, 0.25) is 15.1 Å². The van der Waals surface area contributed by atoms with Crippen molar-refractivity contribution in [2.24, 2.45) is 0 Å². The second-order valence-corrected chi connectivity index (χ2v) is 10.5. The van der Waals surface area contributed by atoms with Gasteiger partial charge in [-0.25, -0.2) is 0 Å². The molecule has 0 aromatic heterocycles. The summed E-state index contributed by atoms with van der Waals surface area (Å²) in [5.41, 5.74) is 1.64. The summed E-state index contributed by atoms with van der Waals surface area (Å²) >= 11 is 18.7. The van der Waals surface area contributed by atoms with E-state index in [-0.39, 0.29) is 31.0 Å². The van der Waals surface area contributed by atoms with E-state index in [4.69, 9.17) is 39.5 Å². The van der Waals surface area contributed by atoms with Crippen molar-refractivity contribution in [1.82, 2.24) is 10.2 Å². The summed E-state index contributed by atoms with van der Waals surface area (Å²) in [6.07, 6.45) is 4.42. The minimum Gasteiger partial charge on any atom is -0.484 e. The van der Waals surface area contributed by atoms with E-state index in [2.05, 4.69) is 5.32 Å². The van der Waals surface area contributed by atoms with Gasteiger partial charge in [-0.1, -0.05) is 90.1 Å². The topological polar surface area (TPSA) is 58.6 Å². The van der Waals surface area contributed by atoms with E-state index in [9.17, 15) is 9.59 Å². The molecular weight excluding hydrogens is 531 g/mol. The summed E-state index contributed by atoms with van der Waals surface area (Å²) in [5.74, 6) is -0.0502. The van der Waals surface area contributed by atoms with Gasteiger partial charge in [0, 0.05) is 34.1 Å². The lowest BCUT2D eigenvalue weighted by Crippen LogP contribution is -2.53. The molecule has 0 radical (unpaired) electrons. The molecular formula is C29H29Cl3N2O3. The SMILES string of the molecule is O=C(NC1CCCC1)C(Cc1ccccc1)N(Cc1ccc(Cl)cc1Cl)C(=O)COc1cccc(Cl)c1. The van der Waals surface area contributed by atoms with Gasteiger partial charge in [0.15, 0.2) is 6.61 Å². The van der Waals surface area contributed by atoms with Gasteiger partial charge in [0.1, 0.15) is 11.8 Å². The first-order valence-corrected chi connectivity index (χ1v) is 13.5. The Labute approximate surface area is 232 Å². The fraction of sp³-hybridized carbons (Fsp3) is 0.310. The Bertz CT molecular complexity index is 1220. The van der Waals surface area contributed by atoms with E-state index in [1.807, 2.05) is 30.3 Å². The summed E-state index contributed by atoms with van der Waals surface area (Å²) in [4.78, 5) is 28.9. The Morgan fingerprint density at radius 3 is 2.35 bits per heavy atom. The van der Waals surface area contributed by atoms with Crippen molar-refractivity contribution in [3.63, 3.8) is 0 Å². The van der Waals surface area contributed by atoms with Crippen LogP contribution < -0.4 is 10.1 Å². The van der Waals surface area contributed by atoms with E-state index in [0.717, 1.165) is 31.2 Å². The Hall–Kier alpha value is -2.73. The molecule has 1 N–H and O–H groups in total. The van der Waals surface area contributed by atoms with E-state index < -0.39 is 6.04 Å². The lowest BCUT2D eigenvalue weighted by atomic mass is 10.0. The number of benzene rings is 3. The molecule has 37 heavy (non-hydrogen) atoms. The fourth-order valence-corrected chi connectivity index (χ4v) is 5.19. The molecule has 1 saturated carbocycles. The maximum atomic E-state index is 13.7. The second-order valence-electron chi connectivity index (χ2n) is 9.20. The van der Waals surface area contributed by atoms with Gasteiger partial charge < -0.3 is 15.0 Å². The summed E-state index contributed by atoms with van der Waals surface area (Å²) in [5, 5.41) is 4.61. The molecule has 0 aliphatic heterocycles. The zero-order valence-corrected chi connectivity index (χ0v) is 22.6. The van der Waals surface area contributed by atoms with Gasteiger partial charge in [-0.3, -0.25) is 9.59 Å². The van der Waals surface area contributed by atoms with Gasteiger partial charge in [0.25, 0.3) is 5.91 Å². The average Bonchev–Trinajstić information content (AvgIpc) is 3.39. The minimum absolute atomic E-state index is 0.115. The number of hydrogen-bond donors (Lipinski definition) is 1. The second kappa shape index (κ2) is 13.2. The molecule has 3 aromatic rings. The number of nitrogens with one attached hydrogen (secondary N) is 1. The molecule has 3 aromatic carbocycles. The average molecular weight is 560 g/mol. The first-order valence-electron chi connectivity index (χ1n) is 12.3. The van der Waals surface area contributed by atoms with E-state index in [1.165, 1.54) is 0 Å². The monoisotopic (exact) mass is 558 g/mol. The van der Waals surface area contributed by atoms with Gasteiger partial charge in [-0.2, -0.15) is 0 Å². The lowest BCUT2D eigenvalue weighted by Gasteiger charge is -2.32. The van der Waals surface area contributed by atoms with Crippen LogP contribution in [0.3, 0.4) is 0 Å². The van der Waals surface area contributed by atoms with Crippen LogP contribution in [-0.2, 0) is 22.6 Å². The van der Waals surface area contributed by atoms with Crippen molar-refractivity contribution in [2.75, 3.05) is 6.61 Å². The van der Waals surface area contributed by atoms with Crippen molar-refractivity contribution in [2.45, 2.75) is 50.7 Å². The quantitative estimate of drug-likeness (QED) is 0.300. The van der Waals surface area contributed by atoms with Crippen LogP contribution in [-0.4, -0.2) is 35.4 Å². The number of ether oxygens (including phenoxy) is 1. The van der Waals surface area contributed by atoms with Crippen LogP contribution in [0.1, 0.15) is 36.8 Å². The van der Waals surface area contributed by atoms with Crippen LogP contribution in [0.5, 0.6) is 5.75 Å². The highest BCUT2D eigenvalue weighted by Crippen LogP contribution is 2.25. The standard InChI is InChI=1S/C29H29Cl3N2O3/c30-22-9-6-12-25(16-22)37-19-28(35)34(18-21-13-14-23(31)17-26(21)32)27(15-20-7-2-1-3-8-20)29(36)33-24-10-4-5-11-24/h1-3,6-9,12-14,16-17,24,27H,4-5,10-11,15,18-19H2,(H,33,36). The van der Waals surface area contributed by atoms with Crippen LogP contribution in [0.25, 0.3) is 0 Å². The van der Waals surface area contributed by atoms with E-state index in [1.54, 1.807) is 47.4 Å². The molecule has 4 rings (SSSR count). The highest BCUT2D eigenvalue weighted by molar-refractivity contribution is 6.35. The van der Waals surface area contributed by atoms with E-state index in [0.29, 0.717) is 32.8 Å². The summed E-state index contributed by atoms with van der Waals surface area (Å²) in [6.45, 7) is -0.128. The molecule has 5 nitrogen and oxygen atoms in total. The number of nitrogens with zero attached hydrogens (tertiary/aromatic N) is 1. The van der Waals surface area contributed by atoms with Crippen LogP contribution in [0, 0.1) is 0 Å². The number of amides is 2. The van der Waals surface area contributed by atoms with Crippen molar-refractivity contribution < 1.29 is 14.3 Å². The van der Waals surface area contributed by atoms with E-state index >= 15 is 0 Å². The summed E-state index contributed by atoms with van der Waals surface area (Å²) in [7, 11) is 0. The van der Waals surface area contributed by atoms with Gasteiger partial charge in [0.2, 0.25) is 5.91 Å². The highest BCUT2D eigenvalue weighted by atomic mass is 35.5. The normalized spacial score (nSPS) is 14.2. The number of hydrogen-bond acceptors (Lipinski definition) is 3. The predicted octanol–water partition coefficient (Wildman–Crippen LogP) is 6.72.